The van der Waals surface area contributed by atoms with Gasteiger partial charge in [0.1, 0.15) is 42.4 Å². The molecule has 0 saturated carbocycles. The Bertz CT molecular complexity index is 5840. The van der Waals surface area contributed by atoms with Crippen molar-refractivity contribution in [2.45, 2.75) is 153 Å². The monoisotopic (exact) mass is 1790 g/mol. The number of aromatic nitrogens is 10. The second-order valence-corrected chi connectivity index (χ2v) is 33.9. The summed E-state index contributed by atoms with van der Waals surface area (Å²) in [5.74, 6) is -15.3. The summed E-state index contributed by atoms with van der Waals surface area (Å²) in [4.78, 5) is 236. The average molecular weight is 1790 g/mol. The predicted octanol–water partition coefficient (Wildman–Crippen LogP) is 2.66. The number of amides is 9. The molecule has 125 heavy (non-hydrogen) atoms. The van der Waals surface area contributed by atoms with E-state index in [0.29, 0.717) is 72.7 Å². The molecule has 7 aromatic rings. The number of benzene rings is 1. The molecule has 11 rings (SSSR count). The maximum absolute atomic E-state index is 14.7. The van der Waals surface area contributed by atoms with Gasteiger partial charge in [0.2, 0.25) is 35.5 Å². The van der Waals surface area contributed by atoms with Crippen LogP contribution in [-0.2, 0) is 64.5 Å². The van der Waals surface area contributed by atoms with Gasteiger partial charge in [-0.1, -0.05) is 42.4 Å². The van der Waals surface area contributed by atoms with Gasteiger partial charge in [-0.2, -0.15) is 13.4 Å². The van der Waals surface area contributed by atoms with Gasteiger partial charge in [-0.05, 0) is 106 Å². The van der Waals surface area contributed by atoms with Gasteiger partial charge in [-0.15, -0.1) is 5.53 Å². The van der Waals surface area contributed by atoms with Gasteiger partial charge in [-0.25, -0.2) is 49.1 Å². The molecule has 4 aliphatic rings. The normalized spacial score (nSPS) is 16.7. The van der Waals surface area contributed by atoms with Crippen molar-refractivity contribution in [1.82, 2.24) is 103 Å². The Morgan fingerprint density at radius 1 is 0.720 bits per heavy atom. The summed E-state index contributed by atoms with van der Waals surface area (Å²) in [5, 5.41) is 38.5. The van der Waals surface area contributed by atoms with Crippen LogP contribution in [0.1, 0.15) is 195 Å². The predicted molar refractivity (Wildman–Crippen MR) is 450 cm³/mol. The SMILES string of the molecule is CC[C@H]1c2cc3[nH]c4c(c3C)C(=O)C(C(=O)OC)c4c3nc(cc4[nH]c(cc(n2)[C@@H]1C)c(C(C)=O)c4C)[C@@H](C)[C@@H]3CCC(=O)NCCCC(NC(=O)c1cn2c(n1)NNN(C)C2=O)C(=O)NNC(=O)OCCSSC[C@H](NC(=O)[C@H](CC(=O)NCCS(=O)(=O)O)NC(=O)CC[C@H](NC(=O)c1ccc(NCc2cnc3nc(N)[nH]c(=O)c3n2)cc1)C(=O)O)C(=O)O. The highest BCUT2D eigenvalue weighted by molar-refractivity contribution is 8.76. The number of hydrogen-bond acceptors (Lipinski definition) is 31. The number of aliphatic carboxylic acids is 2. The fraction of sp³-hybridized carbons (Fsp3) is 0.416. The number of rotatable bonds is 37. The maximum Gasteiger partial charge on any atom is 0.426 e. The molecule has 1 aliphatic carbocycles. The number of hydrogen-bond donors (Lipinski definition) is 18. The van der Waals surface area contributed by atoms with Gasteiger partial charge < -0.3 is 72.6 Å². The van der Waals surface area contributed by atoms with E-state index in [1.807, 2.05) is 32.0 Å². The van der Waals surface area contributed by atoms with Gasteiger partial charge in [-0.3, -0.25) is 83.1 Å². The van der Waals surface area contributed by atoms with Crippen molar-refractivity contribution in [1.29, 1.82) is 0 Å². The van der Waals surface area contributed by atoms with Gasteiger partial charge in [0.15, 0.2) is 22.7 Å². The van der Waals surface area contributed by atoms with Crippen molar-refractivity contribution in [2.75, 3.05) is 67.6 Å². The van der Waals surface area contributed by atoms with Gasteiger partial charge >= 0.3 is 30.0 Å². The lowest BCUT2D eigenvalue weighted by Gasteiger charge is -2.24. The lowest BCUT2D eigenvalue weighted by atomic mass is 9.84. The van der Waals surface area contributed by atoms with Crippen LogP contribution in [0.15, 0.2) is 59.7 Å². The summed E-state index contributed by atoms with van der Waals surface area (Å²) in [6.45, 7) is 10.1. The van der Waals surface area contributed by atoms with E-state index in [9.17, 15) is 90.5 Å². The largest absolute Gasteiger partial charge is 0.480 e. The van der Waals surface area contributed by atoms with Crippen LogP contribution in [0.4, 0.5) is 27.2 Å². The number of aromatic amines is 3. The number of Topliss-reactive ketones (excluding diaryl/α,β-unsaturated/α-hetero) is 2. The van der Waals surface area contributed by atoms with Gasteiger partial charge in [0, 0.05) is 130 Å². The highest BCUT2D eigenvalue weighted by Gasteiger charge is 2.46. The lowest BCUT2D eigenvalue weighted by Crippen LogP contribution is -2.54. The van der Waals surface area contributed by atoms with Crippen LogP contribution in [0.3, 0.4) is 0 Å². The summed E-state index contributed by atoms with van der Waals surface area (Å²) in [6, 6.07) is 3.92. The van der Waals surface area contributed by atoms with E-state index in [1.165, 1.54) is 51.5 Å². The first kappa shape index (κ1) is 92.2. The number of nitrogens with two attached hydrogens (primary N) is 1. The number of ether oxygens (including phenoxy) is 2. The van der Waals surface area contributed by atoms with E-state index in [0.717, 1.165) is 55.2 Å². The van der Waals surface area contributed by atoms with Gasteiger partial charge in [0.25, 0.3) is 33.4 Å². The molecule has 8 bridgehead atoms. The molecule has 2 unspecified atom stereocenters. The molecule has 0 saturated heterocycles. The molecule has 0 radical (unpaired) electrons. The molecule has 0 spiro atoms. The number of imidazole rings is 1. The van der Waals surface area contributed by atoms with E-state index in [-0.39, 0.29) is 103 Å². The molecule has 48 heteroatoms. The number of carboxylic acids is 2. The first-order valence-electron chi connectivity index (χ1n) is 39.2. The smallest absolute Gasteiger partial charge is 0.426 e. The molecule has 3 aliphatic heterocycles. The van der Waals surface area contributed by atoms with Crippen LogP contribution in [0.5, 0.6) is 0 Å². The Labute approximate surface area is 717 Å². The van der Waals surface area contributed by atoms with Crippen LogP contribution in [0.25, 0.3) is 33.2 Å². The van der Waals surface area contributed by atoms with Gasteiger partial charge in [0.05, 0.1) is 54.4 Å². The summed E-state index contributed by atoms with van der Waals surface area (Å²) >= 11 is 0. The van der Waals surface area contributed by atoms with Crippen LogP contribution in [-0.4, -0.2) is 236 Å². The Hall–Kier alpha value is -13.5. The number of hydrazine groups is 3. The Balaban J connectivity index is 0.681. The lowest BCUT2D eigenvalue weighted by molar-refractivity contribution is -0.142. The topological polar surface area (TPSA) is 661 Å². The molecule has 1 aromatic carbocycles. The second-order valence-electron chi connectivity index (χ2n) is 29.7. The molecule has 45 nitrogen and oxygen atoms in total. The summed E-state index contributed by atoms with van der Waals surface area (Å²) in [5.41, 5.74) is 21.9. The standard InChI is InChI=1S/C77H91N23O22S3/c1-9-41-33(2)45-27-50-57(37(6)101)35(4)47(85-50)25-46-34(3)42(61(87-46)59-60(73(115)121-8)64(105)58-36(5)48(88-62(58)59)26-49(41)84-45)16-18-54(102)79-20-10-11-43(89-68(108)52-31-100-75(92-52)96-98-99(7)77(100)117)69(109)95-97-76(116)122-22-23-123-124-32-53(72(113)114)91-67(107)51(28-56(104)80-21-24-125(118,119)120)86-55(103)19-17-44(71(111)112)90-66(106)38-12-14-39(15-13-38)81-29-40-30-82-65-63(83-40)70(110)94-74(78)93-65/h12-15,25-27,30-31,33-34,41-44,51,53,60,81,85,88,98H,9-11,16-24,28-29,32H2,1-8H3,(H,79,102)(H,80,104)(H,86,103)(H,89,108)(H,90,106)(H,91,107)(H,92,96)(H,95,109)(H,97,116)(H,111,112)(H,113,114)(H,118,119,120)(H3,78,82,93,94,110)/t33-,34+,41-,42+,43?,44+,51+,53+,60?/m1/s1. The Morgan fingerprint density at radius 2 is 1.41 bits per heavy atom. The number of nitrogens with one attached hydrogen (secondary N) is 14. The van der Waals surface area contributed by atoms with E-state index >= 15 is 0 Å². The number of carbonyl (C=O) groups excluding carboxylic acids is 12. The number of anilines is 3. The van der Waals surface area contributed by atoms with Crippen LogP contribution in [0, 0.1) is 13.8 Å². The molecule has 664 valence electrons. The molecular formula is C77H91N23O22S3. The highest BCUT2D eigenvalue weighted by atomic mass is 33.1. The molecule has 19 N–H and O–H groups in total. The molecule has 9 atom stereocenters. The van der Waals surface area contributed by atoms with E-state index in [1.54, 1.807) is 6.92 Å². The number of methoxy groups -OCH3 is 1. The summed E-state index contributed by atoms with van der Waals surface area (Å²) in [7, 11) is -0.193. The quantitative estimate of drug-likeness (QED) is 0.00506. The second kappa shape index (κ2) is 40.2. The summed E-state index contributed by atoms with van der Waals surface area (Å²) < 4.78 is 43.4. The number of nitrogens with zero attached hydrogens (tertiary/aromatic N) is 8. The highest BCUT2D eigenvalue weighted by Crippen LogP contribution is 2.49. The Morgan fingerprint density at radius 3 is 2.11 bits per heavy atom. The van der Waals surface area contributed by atoms with Crippen LogP contribution < -0.4 is 70.3 Å². The number of carboxylic acid groups (broad SMARTS) is 2. The zero-order valence-corrected chi connectivity index (χ0v) is 70.9. The number of carbonyl (C=O) groups is 14. The maximum atomic E-state index is 14.7. The van der Waals surface area contributed by atoms with Crippen molar-refractivity contribution in [3.8, 4) is 0 Å². The van der Waals surface area contributed by atoms with Crippen LogP contribution >= 0.6 is 21.6 Å². The number of ketones is 2. The zero-order valence-electron chi connectivity index (χ0n) is 68.5. The third-order valence-corrected chi connectivity index (χ3v) is 24.3. The minimum atomic E-state index is -4.58. The minimum Gasteiger partial charge on any atom is -0.480 e. The first-order valence-corrected chi connectivity index (χ1v) is 43.3. The number of H-pyrrole nitrogens is 3. The fourth-order valence-electron chi connectivity index (χ4n) is 14.7. The number of esters is 1. The number of aryl methyl sites for hydroxylation is 2. The zero-order chi connectivity index (χ0) is 90.6. The fourth-order valence-corrected chi connectivity index (χ4v) is 17.0. The van der Waals surface area contributed by atoms with Crippen LogP contribution in [0.2, 0.25) is 0 Å². The first-order chi connectivity index (χ1) is 59.4. The average Bonchev–Trinajstić information content (AvgIpc) is 1.56. The number of fused-ring (bicyclic) bond motifs is 10. The van der Waals surface area contributed by atoms with Crippen molar-refractivity contribution in [3.63, 3.8) is 0 Å². The van der Waals surface area contributed by atoms with Crippen molar-refractivity contribution in [3.05, 3.63) is 133 Å². The molecule has 9 heterocycles. The number of nitrogen functional groups attached to an aromatic ring is 1. The van der Waals surface area contributed by atoms with Crippen molar-refractivity contribution < 1.29 is 99.8 Å². The molecule has 6 aromatic heterocycles. The summed E-state index contributed by atoms with van der Waals surface area (Å²) in [6.07, 6.45) is -0.358. The molecule has 0 fully saturated rings. The van der Waals surface area contributed by atoms with Crippen molar-refractivity contribution >= 4 is 165 Å². The minimum absolute atomic E-state index is 0.00363. The third kappa shape index (κ3) is 22.3. The van der Waals surface area contributed by atoms with E-state index in [4.69, 9.17) is 29.7 Å². The van der Waals surface area contributed by atoms with Crippen molar-refractivity contribution in [2.24, 2.45) is 0 Å². The van der Waals surface area contributed by atoms with E-state index < -0.39 is 172 Å². The third-order valence-electron chi connectivity index (χ3n) is 21.2. The molecule has 9 amide bonds. The molecular weight excluding hydrogens is 1700 g/mol. The Kier molecular flexibility index (Phi) is 29.7. The van der Waals surface area contributed by atoms with E-state index in [2.05, 4.69) is 108 Å².